The number of aldehydes is 1. The summed E-state index contributed by atoms with van der Waals surface area (Å²) in [5.41, 5.74) is -0.981. The lowest BCUT2D eigenvalue weighted by atomic mass is 9.94. The maximum atomic E-state index is 12.8. The normalized spacial score (nSPS) is 17.5. The van der Waals surface area contributed by atoms with Crippen LogP contribution in [0.3, 0.4) is 0 Å². The molecule has 34 heavy (non-hydrogen) atoms. The Hall–Kier alpha value is -3.78. The van der Waals surface area contributed by atoms with Gasteiger partial charge in [-0.2, -0.15) is 0 Å². The number of hydrogen-bond acceptors (Lipinski definition) is 6. The third-order valence-electron chi connectivity index (χ3n) is 4.95. The molecule has 0 aliphatic heterocycles. The number of hydrogen-bond donors (Lipinski definition) is 2. The molecule has 1 fully saturated rings. The van der Waals surface area contributed by atoms with Crippen LogP contribution in [0.25, 0.3) is 0 Å². The second kappa shape index (κ2) is 10.9. The molecule has 2 amide bonds. The lowest BCUT2D eigenvalue weighted by Crippen LogP contribution is -2.62. The molecule has 0 radical (unpaired) electrons. The van der Waals surface area contributed by atoms with E-state index < -0.39 is 35.2 Å². The van der Waals surface area contributed by atoms with Crippen molar-refractivity contribution in [3.63, 3.8) is 0 Å². The quantitative estimate of drug-likeness (QED) is 0.379. The van der Waals surface area contributed by atoms with Crippen molar-refractivity contribution in [1.29, 1.82) is 0 Å². The van der Waals surface area contributed by atoms with Crippen LogP contribution in [0.5, 0.6) is 0 Å². The molecule has 1 saturated carbocycles. The topological polar surface area (TPSA) is 111 Å². The van der Waals surface area contributed by atoms with Crippen LogP contribution in [0.1, 0.15) is 57.0 Å². The van der Waals surface area contributed by atoms with Crippen molar-refractivity contribution in [1.82, 2.24) is 10.6 Å². The Labute approximate surface area is 200 Å². The number of methoxy groups -OCH3 is 1. The largest absolute Gasteiger partial charge is 0.467 e. The minimum absolute atomic E-state index is 0.0326. The summed E-state index contributed by atoms with van der Waals surface area (Å²) in [6.45, 7) is 8.32. The summed E-state index contributed by atoms with van der Waals surface area (Å²) < 4.78 is 10.1. The maximum absolute atomic E-state index is 12.8. The van der Waals surface area contributed by atoms with E-state index in [1.54, 1.807) is 58.9 Å². The Kier molecular flexibility index (Phi) is 8.48. The van der Waals surface area contributed by atoms with Gasteiger partial charge in [0.2, 0.25) is 0 Å². The molecule has 1 aromatic carbocycles. The van der Waals surface area contributed by atoms with Gasteiger partial charge in [0.1, 0.15) is 17.9 Å². The summed E-state index contributed by atoms with van der Waals surface area (Å²) in [4.78, 5) is 48.0. The predicted molar refractivity (Wildman–Crippen MR) is 125 cm³/mol. The summed E-state index contributed by atoms with van der Waals surface area (Å²) >= 11 is 0. The molecule has 0 unspecified atom stereocenters. The molecule has 8 nitrogen and oxygen atoms in total. The van der Waals surface area contributed by atoms with Crippen molar-refractivity contribution < 1.29 is 28.7 Å². The van der Waals surface area contributed by atoms with E-state index in [2.05, 4.69) is 34.3 Å². The number of alkyl carbamates (subject to hydrolysis) is 1. The highest BCUT2D eigenvalue weighted by Gasteiger charge is 2.40. The molecule has 3 atom stereocenters. The van der Waals surface area contributed by atoms with Crippen molar-refractivity contribution in [2.24, 2.45) is 11.8 Å². The lowest BCUT2D eigenvalue weighted by molar-refractivity contribution is -0.144. The van der Waals surface area contributed by atoms with E-state index in [0.717, 1.165) is 12.7 Å². The van der Waals surface area contributed by atoms with Crippen LogP contribution in [0.15, 0.2) is 24.3 Å². The minimum atomic E-state index is -1.21. The van der Waals surface area contributed by atoms with Crippen LogP contribution in [0.2, 0.25) is 0 Å². The first-order chi connectivity index (χ1) is 15.9. The summed E-state index contributed by atoms with van der Waals surface area (Å²) in [5.74, 6) is 10.2. The Morgan fingerprint density at radius 1 is 1.09 bits per heavy atom. The van der Waals surface area contributed by atoms with Crippen LogP contribution in [0, 0.1) is 35.5 Å². The molecule has 0 heterocycles. The molecule has 0 bridgehead atoms. The first-order valence-corrected chi connectivity index (χ1v) is 10.8. The summed E-state index contributed by atoms with van der Waals surface area (Å²) in [5, 5.41) is 5.24. The van der Waals surface area contributed by atoms with E-state index in [0.29, 0.717) is 11.1 Å². The molecule has 0 aromatic heterocycles. The second-order valence-corrected chi connectivity index (χ2v) is 9.52. The average Bonchev–Trinajstić information content (AvgIpc) is 3.51. The van der Waals surface area contributed by atoms with Gasteiger partial charge in [-0.15, -0.1) is 0 Å². The van der Waals surface area contributed by atoms with Crippen molar-refractivity contribution >= 4 is 24.3 Å². The van der Waals surface area contributed by atoms with Crippen molar-refractivity contribution in [3.8, 4) is 23.7 Å². The SMILES string of the molecule is COC(=O)[C@@H](NC(=O)c1ccc(C#CC#C[C@@H]2C[C@H]2C=O)cc1)C(C)(C)NC(=O)OC(C)(C)C. The second-order valence-electron chi connectivity index (χ2n) is 9.52. The van der Waals surface area contributed by atoms with E-state index in [1.165, 1.54) is 7.11 Å². The highest BCUT2D eigenvalue weighted by molar-refractivity contribution is 5.97. The van der Waals surface area contributed by atoms with E-state index in [4.69, 9.17) is 9.47 Å². The Morgan fingerprint density at radius 3 is 2.26 bits per heavy atom. The molecule has 2 N–H and O–H groups in total. The number of benzene rings is 1. The van der Waals surface area contributed by atoms with Gasteiger partial charge in [0.25, 0.3) is 5.91 Å². The molecule has 1 aromatic rings. The predicted octanol–water partition coefficient (Wildman–Crippen LogP) is 2.45. The maximum Gasteiger partial charge on any atom is 0.408 e. The van der Waals surface area contributed by atoms with Gasteiger partial charge in [0, 0.05) is 23.0 Å². The zero-order valence-corrected chi connectivity index (χ0v) is 20.3. The van der Waals surface area contributed by atoms with Gasteiger partial charge in [0.15, 0.2) is 0 Å². The summed E-state index contributed by atoms with van der Waals surface area (Å²) in [7, 11) is 1.20. The van der Waals surface area contributed by atoms with E-state index in [9.17, 15) is 19.2 Å². The molecule has 1 aliphatic rings. The molecule has 1 aliphatic carbocycles. The fourth-order valence-corrected chi connectivity index (χ4v) is 2.97. The smallest absolute Gasteiger partial charge is 0.408 e. The van der Waals surface area contributed by atoms with Crippen LogP contribution >= 0.6 is 0 Å². The van der Waals surface area contributed by atoms with Gasteiger partial charge in [-0.05, 0) is 77.1 Å². The van der Waals surface area contributed by atoms with Crippen molar-refractivity contribution in [2.45, 2.75) is 58.2 Å². The van der Waals surface area contributed by atoms with Crippen LogP contribution in [-0.4, -0.2) is 48.5 Å². The van der Waals surface area contributed by atoms with Crippen LogP contribution in [0.4, 0.5) is 4.79 Å². The molecule has 8 heteroatoms. The first kappa shape index (κ1) is 26.5. The molecule has 180 valence electrons. The Morgan fingerprint density at radius 2 is 1.74 bits per heavy atom. The molecule has 2 rings (SSSR count). The highest BCUT2D eigenvalue weighted by Crippen LogP contribution is 2.35. The zero-order chi connectivity index (χ0) is 25.5. The molecular formula is C26H30N2O6. The van der Waals surface area contributed by atoms with Gasteiger partial charge in [0.05, 0.1) is 12.6 Å². The van der Waals surface area contributed by atoms with E-state index in [1.807, 2.05) is 0 Å². The number of nitrogens with one attached hydrogen (secondary N) is 2. The number of carbonyl (C=O) groups excluding carboxylic acids is 4. The first-order valence-electron chi connectivity index (χ1n) is 10.8. The number of rotatable bonds is 6. The monoisotopic (exact) mass is 466 g/mol. The summed E-state index contributed by atoms with van der Waals surface area (Å²) in [6, 6.07) is 5.28. The standard InChI is InChI=1S/C26H30N2O6/c1-25(2,3)34-24(32)28-26(4,5)21(23(31)33-6)27-22(30)18-13-11-17(12-14-18)9-7-8-10-19-15-20(19)16-29/h11-14,16,19-21H,15H2,1-6H3,(H,27,30)(H,28,32)/t19-,20+,21-/m1/s1. The van der Waals surface area contributed by atoms with Gasteiger partial charge >= 0.3 is 12.1 Å². The number of esters is 1. The van der Waals surface area contributed by atoms with Crippen LogP contribution < -0.4 is 10.6 Å². The Bertz CT molecular complexity index is 1060. The third kappa shape index (κ3) is 7.97. The van der Waals surface area contributed by atoms with Gasteiger partial charge in [-0.25, -0.2) is 9.59 Å². The van der Waals surface area contributed by atoms with Gasteiger partial charge in [-0.1, -0.05) is 11.8 Å². The zero-order valence-electron chi connectivity index (χ0n) is 20.3. The highest BCUT2D eigenvalue weighted by atomic mass is 16.6. The molecular weight excluding hydrogens is 436 g/mol. The average molecular weight is 467 g/mol. The number of amides is 2. The van der Waals surface area contributed by atoms with Gasteiger partial charge in [-0.3, -0.25) is 4.79 Å². The number of carbonyl (C=O) groups is 4. The van der Waals surface area contributed by atoms with Crippen molar-refractivity contribution in [2.75, 3.05) is 7.11 Å². The van der Waals surface area contributed by atoms with E-state index in [-0.39, 0.29) is 11.8 Å². The summed E-state index contributed by atoms with van der Waals surface area (Å²) in [6.07, 6.45) is 0.976. The Balaban J connectivity index is 2.07. The molecule has 0 saturated heterocycles. The molecule has 0 spiro atoms. The fourth-order valence-electron chi connectivity index (χ4n) is 2.97. The lowest BCUT2D eigenvalue weighted by Gasteiger charge is -2.34. The minimum Gasteiger partial charge on any atom is -0.467 e. The van der Waals surface area contributed by atoms with E-state index >= 15 is 0 Å². The van der Waals surface area contributed by atoms with Crippen molar-refractivity contribution in [3.05, 3.63) is 35.4 Å². The number of ether oxygens (including phenoxy) is 2. The van der Waals surface area contributed by atoms with Crippen LogP contribution in [-0.2, 0) is 19.1 Å². The van der Waals surface area contributed by atoms with Gasteiger partial charge < -0.3 is 24.9 Å². The fraction of sp³-hybridized carbons (Fsp3) is 0.462. The third-order valence-corrected chi connectivity index (χ3v) is 4.95.